The van der Waals surface area contributed by atoms with Gasteiger partial charge in [0.25, 0.3) is 0 Å². The Morgan fingerprint density at radius 2 is 2.10 bits per heavy atom. The summed E-state index contributed by atoms with van der Waals surface area (Å²) in [5.41, 5.74) is 0. The van der Waals surface area contributed by atoms with Crippen LogP contribution in [-0.2, 0) is 10.0 Å². The number of aromatic carboxylic acids is 1. The predicted octanol–water partition coefficient (Wildman–Crippen LogP) is 0.961. The molecule has 1 aliphatic carbocycles. The molecule has 6 nitrogen and oxygen atoms in total. The molecule has 1 aromatic rings. The van der Waals surface area contributed by atoms with Crippen molar-refractivity contribution < 1.29 is 18.3 Å². The van der Waals surface area contributed by atoms with Crippen molar-refractivity contribution in [2.45, 2.75) is 35.6 Å². The minimum Gasteiger partial charge on any atom is -0.477 e. The van der Waals surface area contributed by atoms with Crippen LogP contribution < -0.4 is 4.72 Å². The second kappa shape index (κ2) is 5.10. The van der Waals surface area contributed by atoms with Crippen LogP contribution in [0.4, 0.5) is 0 Å². The SMILES string of the molecule is O=C(O)c1ccc(S(=O)(=O)NC2CCN(C3CC3)C2)s1. The van der Waals surface area contributed by atoms with E-state index in [1.54, 1.807) is 0 Å². The molecule has 0 radical (unpaired) electrons. The zero-order valence-corrected chi connectivity index (χ0v) is 12.4. The number of nitrogens with one attached hydrogen (secondary N) is 1. The van der Waals surface area contributed by atoms with Gasteiger partial charge < -0.3 is 5.11 Å². The van der Waals surface area contributed by atoms with Gasteiger partial charge in [-0.05, 0) is 31.4 Å². The Kier molecular flexibility index (Phi) is 3.57. The van der Waals surface area contributed by atoms with E-state index in [1.165, 1.54) is 25.0 Å². The highest BCUT2D eigenvalue weighted by atomic mass is 32.2. The molecule has 110 valence electrons. The number of thiophene rings is 1. The first-order valence-corrected chi connectivity index (χ1v) is 8.85. The Labute approximate surface area is 121 Å². The van der Waals surface area contributed by atoms with Gasteiger partial charge >= 0.3 is 5.97 Å². The molecule has 0 aromatic carbocycles. The van der Waals surface area contributed by atoms with Crippen LogP contribution in [0.25, 0.3) is 0 Å². The van der Waals surface area contributed by atoms with Crippen molar-refractivity contribution in [1.82, 2.24) is 9.62 Å². The molecule has 2 fully saturated rings. The molecule has 1 unspecified atom stereocenters. The van der Waals surface area contributed by atoms with Crippen LogP contribution in [0.2, 0.25) is 0 Å². The zero-order valence-electron chi connectivity index (χ0n) is 10.8. The van der Waals surface area contributed by atoms with Crippen molar-refractivity contribution in [2.24, 2.45) is 0 Å². The molecule has 0 bridgehead atoms. The quantitative estimate of drug-likeness (QED) is 0.845. The monoisotopic (exact) mass is 316 g/mol. The summed E-state index contributed by atoms with van der Waals surface area (Å²) in [6, 6.07) is 3.25. The average Bonchev–Trinajstić information content (AvgIpc) is 2.91. The largest absolute Gasteiger partial charge is 0.477 e. The van der Waals surface area contributed by atoms with E-state index >= 15 is 0 Å². The third-order valence-electron chi connectivity index (χ3n) is 3.66. The summed E-state index contributed by atoms with van der Waals surface area (Å²) >= 11 is 0.787. The fourth-order valence-electron chi connectivity index (χ4n) is 2.51. The maximum Gasteiger partial charge on any atom is 0.345 e. The number of hydrogen-bond donors (Lipinski definition) is 2. The van der Waals surface area contributed by atoms with Gasteiger partial charge in [-0.15, -0.1) is 11.3 Å². The van der Waals surface area contributed by atoms with Crippen LogP contribution in [0.1, 0.15) is 28.9 Å². The van der Waals surface area contributed by atoms with E-state index in [-0.39, 0.29) is 15.1 Å². The highest BCUT2D eigenvalue weighted by Crippen LogP contribution is 2.30. The zero-order chi connectivity index (χ0) is 14.3. The summed E-state index contributed by atoms with van der Waals surface area (Å²) in [6.07, 6.45) is 3.24. The Hall–Kier alpha value is -0.960. The Morgan fingerprint density at radius 1 is 1.35 bits per heavy atom. The Morgan fingerprint density at radius 3 is 2.70 bits per heavy atom. The molecule has 1 atom stereocenters. The fraction of sp³-hybridized carbons (Fsp3) is 0.583. The highest BCUT2D eigenvalue weighted by molar-refractivity contribution is 7.91. The molecule has 1 aromatic heterocycles. The molecule has 1 aliphatic heterocycles. The summed E-state index contributed by atoms with van der Waals surface area (Å²) in [5, 5.41) is 8.84. The number of hydrogen-bond acceptors (Lipinski definition) is 5. The lowest BCUT2D eigenvalue weighted by molar-refractivity contribution is 0.0702. The summed E-state index contributed by atoms with van der Waals surface area (Å²) in [4.78, 5) is 13.2. The number of likely N-dealkylation sites (tertiary alicyclic amines) is 1. The average molecular weight is 316 g/mol. The van der Waals surface area contributed by atoms with Crippen molar-refractivity contribution in [3.8, 4) is 0 Å². The molecular formula is C12H16N2O4S2. The summed E-state index contributed by atoms with van der Waals surface area (Å²) in [7, 11) is -3.61. The predicted molar refractivity (Wildman–Crippen MR) is 74.6 cm³/mol. The topological polar surface area (TPSA) is 86.7 Å². The minimum atomic E-state index is -3.61. The standard InChI is InChI=1S/C12H16N2O4S2/c15-12(16)10-3-4-11(19-10)20(17,18)13-8-5-6-14(7-8)9-1-2-9/h3-4,8-9,13H,1-2,5-7H2,(H,15,16). The molecule has 2 heterocycles. The van der Waals surface area contributed by atoms with Crippen molar-refractivity contribution >= 4 is 27.3 Å². The summed E-state index contributed by atoms with van der Waals surface area (Å²) < 4.78 is 27.2. The lowest BCUT2D eigenvalue weighted by Gasteiger charge is -2.15. The number of nitrogens with zero attached hydrogens (tertiary/aromatic N) is 1. The van der Waals surface area contributed by atoms with E-state index in [2.05, 4.69) is 9.62 Å². The summed E-state index contributed by atoms with van der Waals surface area (Å²) in [6.45, 7) is 1.68. The van der Waals surface area contributed by atoms with Crippen LogP contribution in [-0.4, -0.2) is 49.6 Å². The molecule has 2 N–H and O–H groups in total. The number of carbonyl (C=O) groups is 1. The molecule has 1 saturated heterocycles. The van der Waals surface area contributed by atoms with E-state index in [4.69, 9.17) is 5.11 Å². The van der Waals surface area contributed by atoms with E-state index in [9.17, 15) is 13.2 Å². The molecule has 20 heavy (non-hydrogen) atoms. The molecule has 2 aliphatic rings. The van der Waals surface area contributed by atoms with Gasteiger partial charge in [0.1, 0.15) is 9.09 Å². The van der Waals surface area contributed by atoms with Crippen LogP contribution in [0, 0.1) is 0 Å². The second-order valence-corrected chi connectivity index (χ2v) is 8.28. The molecule has 1 saturated carbocycles. The molecule has 0 spiro atoms. The first-order valence-electron chi connectivity index (χ1n) is 6.55. The smallest absolute Gasteiger partial charge is 0.345 e. The number of carboxylic acid groups (broad SMARTS) is 1. The van der Waals surface area contributed by atoms with Gasteiger partial charge in [0.2, 0.25) is 10.0 Å². The minimum absolute atomic E-state index is 0.0383. The Balaban J connectivity index is 1.67. The van der Waals surface area contributed by atoms with Crippen molar-refractivity contribution in [1.29, 1.82) is 0 Å². The van der Waals surface area contributed by atoms with Crippen LogP contribution in [0.5, 0.6) is 0 Å². The number of carboxylic acids is 1. The van der Waals surface area contributed by atoms with E-state index in [1.807, 2.05) is 0 Å². The Bertz CT molecular complexity index is 621. The fourth-order valence-corrected chi connectivity index (χ4v) is 4.94. The van der Waals surface area contributed by atoms with E-state index in [0.29, 0.717) is 6.04 Å². The molecule has 3 rings (SSSR count). The highest BCUT2D eigenvalue weighted by Gasteiger charge is 2.36. The van der Waals surface area contributed by atoms with Gasteiger partial charge in [-0.3, -0.25) is 4.90 Å². The third kappa shape index (κ3) is 2.88. The molecule has 0 amide bonds. The third-order valence-corrected chi connectivity index (χ3v) is 6.75. The first kappa shape index (κ1) is 14.0. The van der Waals surface area contributed by atoms with Crippen LogP contribution in [0.15, 0.2) is 16.3 Å². The van der Waals surface area contributed by atoms with Crippen LogP contribution >= 0.6 is 11.3 Å². The normalized spacial score (nSPS) is 24.1. The lowest BCUT2D eigenvalue weighted by Crippen LogP contribution is -2.37. The van der Waals surface area contributed by atoms with E-state index < -0.39 is 16.0 Å². The second-order valence-electron chi connectivity index (χ2n) is 5.26. The van der Waals surface area contributed by atoms with Gasteiger partial charge in [-0.1, -0.05) is 0 Å². The number of sulfonamides is 1. The van der Waals surface area contributed by atoms with Gasteiger partial charge in [0.05, 0.1) is 0 Å². The maximum absolute atomic E-state index is 12.2. The van der Waals surface area contributed by atoms with Crippen molar-refractivity contribution in [3.63, 3.8) is 0 Å². The van der Waals surface area contributed by atoms with E-state index in [0.717, 1.165) is 30.8 Å². The number of rotatable bonds is 5. The van der Waals surface area contributed by atoms with Gasteiger partial charge in [-0.2, -0.15) is 0 Å². The molecular weight excluding hydrogens is 300 g/mol. The lowest BCUT2D eigenvalue weighted by atomic mass is 10.3. The summed E-state index contributed by atoms with van der Waals surface area (Å²) in [5.74, 6) is -1.10. The van der Waals surface area contributed by atoms with Gasteiger partial charge in [-0.25, -0.2) is 17.9 Å². The molecule has 8 heteroatoms. The first-order chi connectivity index (χ1) is 9.45. The van der Waals surface area contributed by atoms with Gasteiger partial charge in [0, 0.05) is 25.2 Å². The van der Waals surface area contributed by atoms with Crippen molar-refractivity contribution in [2.75, 3.05) is 13.1 Å². The van der Waals surface area contributed by atoms with Crippen molar-refractivity contribution in [3.05, 3.63) is 17.0 Å². The van der Waals surface area contributed by atoms with Crippen LogP contribution in [0.3, 0.4) is 0 Å². The maximum atomic E-state index is 12.2. The van der Waals surface area contributed by atoms with Gasteiger partial charge in [0.15, 0.2) is 0 Å².